The minimum Gasteiger partial charge on any atom is -0.346 e. The molecule has 1 unspecified atom stereocenters. The number of hydrogen-bond donors (Lipinski definition) is 2. The fraction of sp³-hybridized carbons (Fsp3) is 0.350. The highest BCUT2D eigenvalue weighted by Crippen LogP contribution is 2.60. The molecule has 0 spiro atoms. The molecule has 2 aromatic carbocycles. The Labute approximate surface area is 368 Å². The zero-order valence-corrected chi connectivity index (χ0v) is 36.2. The van der Waals surface area contributed by atoms with Gasteiger partial charge in [-0.1, -0.05) is 35.7 Å². The topological polar surface area (TPSA) is 158 Å². The van der Waals surface area contributed by atoms with Crippen molar-refractivity contribution in [2.24, 2.45) is 5.92 Å². The predicted molar refractivity (Wildman–Crippen MR) is 216 cm³/mol. The fourth-order valence-corrected chi connectivity index (χ4v) is 8.48. The lowest BCUT2D eigenvalue weighted by atomic mass is 9.81. The van der Waals surface area contributed by atoms with Crippen LogP contribution in [-0.2, 0) is 56.3 Å². The van der Waals surface area contributed by atoms with Crippen molar-refractivity contribution < 1.29 is 65.5 Å². The zero-order chi connectivity index (χ0) is 48.0. The van der Waals surface area contributed by atoms with Gasteiger partial charge in [-0.2, -0.15) is 45.3 Å². The van der Waals surface area contributed by atoms with Crippen LogP contribution in [0.4, 0.5) is 49.7 Å². The van der Waals surface area contributed by atoms with Crippen LogP contribution in [0, 0.1) is 29.4 Å². The predicted octanol–water partition coefficient (Wildman–Crippen LogP) is 7.83. The number of allylic oxidation sites excluding steroid dienone is 2. The number of amides is 1. The molecule has 0 aliphatic heterocycles. The molecule has 1 amide bonds. The Bertz CT molecular complexity index is 3100. The first-order valence-corrected chi connectivity index (χ1v) is 23.0. The number of anilines is 1. The smallest absolute Gasteiger partial charge is 0.346 e. The number of nitrogens with one attached hydrogen (secondary N) is 2. The molecule has 3 aromatic heterocycles. The normalized spacial score (nSPS) is 17.5. The molecule has 346 valence electrons. The number of halogens is 11. The molecule has 0 saturated carbocycles. The highest BCUT2D eigenvalue weighted by molar-refractivity contribution is 7.92. The van der Waals surface area contributed by atoms with Crippen LogP contribution in [0.5, 0.6) is 0 Å². The molecule has 5 aromatic rings. The summed E-state index contributed by atoms with van der Waals surface area (Å²) in [5, 5.41) is 9.01. The first kappa shape index (κ1) is 47.3. The number of fused-ring (bicyclic) bond motifs is 4. The van der Waals surface area contributed by atoms with Gasteiger partial charge in [-0.05, 0) is 62.1 Å². The number of pyridine rings is 1. The highest BCUT2D eigenvalue weighted by Gasteiger charge is 2.61. The van der Waals surface area contributed by atoms with Crippen LogP contribution >= 0.6 is 11.6 Å². The van der Waals surface area contributed by atoms with E-state index < -0.39 is 126 Å². The zero-order valence-electron chi connectivity index (χ0n) is 33.8. The number of alkyl halides is 8. The van der Waals surface area contributed by atoms with Gasteiger partial charge in [0, 0.05) is 34.9 Å². The van der Waals surface area contributed by atoms with Gasteiger partial charge in [-0.25, -0.2) is 30.6 Å². The number of hydrogen-bond acceptors (Lipinski definition) is 8. The summed E-state index contributed by atoms with van der Waals surface area (Å²) in [7, 11) is -8.07. The largest absolute Gasteiger partial charge is 0.435 e. The van der Waals surface area contributed by atoms with Crippen LogP contribution in [-0.4, -0.2) is 70.7 Å². The minimum atomic E-state index is -5.23. The molecule has 2 aliphatic rings. The van der Waals surface area contributed by atoms with Crippen molar-refractivity contribution in [1.82, 2.24) is 29.9 Å². The third-order valence-electron chi connectivity index (χ3n) is 10.6. The number of nitrogens with zero attached hydrogens (tertiary/aromatic N) is 5. The van der Waals surface area contributed by atoms with Crippen molar-refractivity contribution in [2.45, 2.75) is 68.3 Å². The molecule has 0 fully saturated rings. The average Bonchev–Trinajstić information content (AvgIpc) is 3.70. The number of sulfonamides is 1. The second-order valence-electron chi connectivity index (χ2n) is 15.9. The van der Waals surface area contributed by atoms with E-state index in [1.807, 2.05) is 4.72 Å². The number of carbonyl (C=O) groups is 1. The molecule has 0 radical (unpaired) electrons. The summed E-state index contributed by atoms with van der Waals surface area (Å²) in [6, 6.07) is 5.21. The van der Waals surface area contributed by atoms with Crippen molar-refractivity contribution in [1.29, 1.82) is 0 Å². The SMILES string of the molecule is CC(C)(C#Cc1ccc(-c2ccc(Cl)c3c(NS(C)(=O)=O)nn(CC(F)(F)F)c23)c([C@H](Cc2cc(F)cc(F)c2)NC(=O)Cn2nc(C(F)(F)F)c3c2C(F)(F)C2C=C[C@H]32)n1)S(C)(=O)=O. The fourth-order valence-electron chi connectivity index (χ4n) is 7.51. The molecule has 2 N–H and O–H groups in total. The van der Waals surface area contributed by atoms with E-state index in [9.17, 15) is 56.8 Å². The number of benzene rings is 2. The lowest BCUT2D eigenvalue weighted by Gasteiger charge is -2.27. The molecule has 65 heavy (non-hydrogen) atoms. The Morgan fingerprint density at radius 2 is 1.57 bits per heavy atom. The van der Waals surface area contributed by atoms with Crippen molar-refractivity contribution >= 4 is 54.1 Å². The summed E-state index contributed by atoms with van der Waals surface area (Å²) in [6.07, 6.45) is -7.10. The Morgan fingerprint density at radius 3 is 2.14 bits per heavy atom. The first-order chi connectivity index (χ1) is 29.8. The molecular formula is C40H32ClF10N7O5S2. The van der Waals surface area contributed by atoms with Crippen LogP contribution < -0.4 is 10.0 Å². The van der Waals surface area contributed by atoms with Gasteiger partial charge < -0.3 is 5.32 Å². The van der Waals surface area contributed by atoms with Crippen LogP contribution in [0.3, 0.4) is 0 Å². The molecule has 12 nitrogen and oxygen atoms in total. The summed E-state index contributed by atoms with van der Waals surface area (Å²) in [6.45, 7) is -0.583. The summed E-state index contributed by atoms with van der Waals surface area (Å²) in [5.41, 5.74) is -5.38. The Morgan fingerprint density at radius 1 is 0.923 bits per heavy atom. The second kappa shape index (κ2) is 16.0. The summed E-state index contributed by atoms with van der Waals surface area (Å²) in [4.78, 5) is 18.6. The summed E-state index contributed by atoms with van der Waals surface area (Å²) in [5.74, 6) is -5.96. The molecule has 3 atom stereocenters. The van der Waals surface area contributed by atoms with Crippen molar-refractivity contribution in [3.8, 4) is 23.0 Å². The average molecular weight is 980 g/mol. The van der Waals surface area contributed by atoms with Crippen LogP contribution in [0.2, 0.25) is 5.02 Å². The van der Waals surface area contributed by atoms with Crippen LogP contribution in [0.15, 0.2) is 54.6 Å². The van der Waals surface area contributed by atoms with Crippen molar-refractivity contribution in [2.75, 3.05) is 17.2 Å². The third kappa shape index (κ3) is 9.40. The van der Waals surface area contributed by atoms with Gasteiger partial charge in [0.15, 0.2) is 21.3 Å². The van der Waals surface area contributed by atoms with Gasteiger partial charge in [0.25, 0.3) is 5.92 Å². The number of sulfone groups is 1. The van der Waals surface area contributed by atoms with Crippen molar-refractivity contribution in [3.05, 3.63) is 105 Å². The number of carbonyl (C=O) groups excluding carboxylic acids is 1. The Hall–Kier alpha value is -5.67. The Balaban J connectivity index is 1.45. The lowest BCUT2D eigenvalue weighted by molar-refractivity contribution is -0.143. The van der Waals surface area contributed by atoms with Crippen molar-refractivity contribution in [3.63, 3.8) is 0 Å². The van der Waals surface area contributed by atoms with Gasteiger partial charge in [0.05, 0.1) is 39.8 Å². The summed E-state index contributed by atoms with van der Waals surface area (Å²) >= 11 is 6.46. The maximum absolute atomic E-state index is 15.7. The maximum atomic E-state index is 15.7. The number of aromatic nitrogens is 5. The van der Waals surface area contributed by atoms with E-state index in [4.69, 9.17) is 11.6 Å². The van der Waals surface area contributed by atoms with E-state index in [1.54, 1.807) is 0 Å². The Kier molecular flexibility index (Phi) is 11.7. The quantitative estimate of drug-likeness (QED) is 0.0771. The van der Waals surface area contributed by atoms with Gasteiger partial charge in [-0.15, -0.1) is 0 Å². The van der Waals surface area contributed by atoms with E-state index in [0.29, 0.717) is 17.0 Å². The van der Waals surface area contributed by atoms with Gasteiger partial charge in [-0.3, -0.25) is 18.9 Å². The van der Waals surface area contributed by atoms with E-state index in [0.717, 1.165) is 36.6 Å². The van der Waals surface area contributed by atoms with E-state index in [-0.39, 0.29) is 43.2 Å². The molecule has 25 heteroatoms. The van der Waals surface area contributed by atoms with Crippen LogP contribution in [0.25, 0.3) is 22.0 Å². The molecule has 7 rings (SSSR count). The van der Waals surface area contributed by atoms with E-state index in [1.165, 1.54) is 32.0 Å². The molecule has 0 saturated heterocycles. The first-order valence-electron chi connectivity index (χ1n) is 18.8. The summed E-state index contributed by atoms with van der Waals surface area (Å²) < 4.78 is 196. The maximum Gasteiger partial charge on any atom is 0.435 e. The number of rotatable bonds is 11. The molecule has 3 heterocycles. The van der Waals surface area contributed by atoms with E-state index in [2.05, 4.69) is 32.3 Å². The standard InChI is InChI=1S/C40H32ClF10N7O5S2/c1-37(2,64(3,60)61)12-11-22-5-6-23(24-8-10-27(41)31-33(24)58(18-38(44,45)46)55-36(31)56-65(4,62)63)32(52-22)28(15-19-13-20(42)16-21(43)14-19)53-29(59)17-57-35-30(34(54-57)40(49,50)51)25-7-9-26(25)39(35,47)48/h5-10,13-14,16,25-26,28H,15,17-18H2,1-4H3,(H,53,59)(H,55,56)/t25-,26?,28-/m0/s1. The third-order valence-corrected chi connectivity index (χ3v) is 13.5. The van der Waals surface area contributed by atoms with Gasteiger partial charge in [0.1, 0.15) is 40.9 Å². The van der Waals surface area contributed by atoms with Crippen LogP contribution in [0.1, 0.15) is 59.7 Å². The highest BCUT2D eigenvalue weighted by atomic mass is 35.5. The van der Waals surface area contributed by atoms with Gasteiger partial charge >= 0.3 is 12.4 Å². The van der Waals surface area contributed by atoms with Gasteiger partial charge in [0.2, 0.25) is 15.9 Å². The minimum absolute atomic E-state index is 0.199. The molecule has 0 bridgehead atoms. The second-order valence-corrected chi connectivity index (χ2v) is 20.6. The lowest BCUT2D eigenvalue weighted by Crippen LogP contribution is -2.36. The molecule has 2 aliphatic carbocycles. The molecular weight excluding hydrogens is 948 g/mol. The monoisotopic (exact) mass is 979 g/mol. The van der Waals surface area contributed by atoms with E-state index >= 15 is 8.78 Å².